The van der Waals surface area contributed by atoms with E-state index in [-0.39, 0.29) is 30.2 Å². The minimum Gasteiger partial charge on any atom is -0.448 e. The third-order valence-electron chi connectivity index (χ3n) is 8.32. The first-order valence-electron chi connectivity index (χ1n) is 13.0. The smallest absolute Gasteiger partial charge is 0.306 e. The van der Waals surface area contributed by atoms with Crippen molar-refractivity contribution in [3.8, 4) is 0 Å². The number of benzene rings is 1. The van der Waals surface area contributed by atoms with Crippen molar-refractivity contribution in [2.75, 3.05) is 0 Å². The van der Waals surface area contributed by atoms with Crippen LogP contribution in [0.25, 0.3) is 0 Å². The summed E-state index contributed by atoms with van der Waals surface area (Å²) in [6.45, 7) is 8.32. The maximum Gasteiger partial charge on any atom is 0.306 e. The van der Waals surface area contributed by atoms with Gasteiger partial charge in [-0.15, -0.1) is 0 Å². The number of aliphatic hydroxyl groups is 2. The number of carbonyl (C=O) groups is 2. The van der Waals surface area contributed by atoms with E-state index in [4.69, 9.17) is 4.74 Å². The number of carbonyl (C=O) groups excluding carboxylic acids is 2. The van der Waals surface area contributed by atoms with E-state index in [2.05, 4.69) is 18.8 Å². The number of rotatable bonds is 2. The lowest BCUT2D eigenvalue weighted by atomic mass is 9.59. The van der Waals surface area contributed by atoms with Gasteiger partial charge in [0.05, 0.1) is 18.1 Å². The fraction of sp³-hybridized carbons (Fsp3) is 0.586. The van der Waals surface area contributed by atoms with Crippen LogP contribution in [0.4, 0.5) is 0 Å². The summed E-state index contributed by atoms with van der Waals surface area (Å²) in [5, 5.41) is 24.8. The highest BCUT2D eigenvalue weighted by Crippen LogP contribution is 2.52. The Morgan fingerprint density at radius 1 is 1.11 bits per heavy atom. The molecule has 2 heterocycles. The lowest BCUT2D eigenvalue weighted by molar-refractivity contribution is -0.187. The molecule has 0 unspecified atom stereocenters. The average molecular weight is 482 g/mol. The Kier molecular flexibility index (Phi) is 7.82. The third kappa shape index (κ3) is 5.10. The molecule has 1 amide bonds. The van der Waals surface area contributed by atoms with E-state index in [1.807, 2.05) is 49.4 Å². The van der Waals surface area contributed by atoms with E-state index in [0.29, 0.717) is 30.8 Å². The molecular weight excluding hydrogens is 442 g/mol. The number of esters is 1. The van der Waals surface area contributed by atoms with Gasteiger partial charge in [0.2, 0.25) is 5.60 Å². The summed E-state index contributed by atoms with van der Waals surface area (Å²) in [7, 11) is 0. The largest absolute Gasteiger partial charge is 0.448 e. The molecule has 0 aromatic heterocycles. The van der Waals surface area contributed by atoms with E-state index in [1.165, 1.54) is 0 Å². The molecule has 35 heavy (non-hydrogen) atoms. The zero-order chi connectivity index (χ0) is 25.2. The molecule has 1 saturated carbocycles. The van der Waals surface area contributed by atoms with Crippen LogP contribution in [-0.4, -0.2) is 45.9 Å². The summed E-state index contributed by atoms with van der Waals surface area (Å²) >= 11 is 0. The zero-order valence-corrected chi connectivity index (χ0v) is 20.9. The summed E-state index contributed by atoms with van der Waals surface area (Å²) in [5.41, 5.74) is 0.219. The van der Waals surface area contributed by atoms with E-state index in [0.717, 1.165) is 24.8 Å². The Morgan fingerprint density at radius 2 is 1.86 bits per heavy atom. The minimum atomic E-state index is -1.52. The normalized spacial score (nSPS) is 39.5. The topological polar surface area (TPSA) is 95.9 Å². The molecule has 190 valence electrons. The van der Waals surface area contributed by atoms with Gasteiger partial charge in [-0.1, -0.05) is 75.8 Å². The Bertz CT molecular complexity index is 959. The summed E-state index contributed by atoms with van der Waals surface area (Å²) in [5.74, 6) is -1.80. The van der Waals surface area contributed by atoms with Crippen molar-refractivity contribution < 1.29 is 24.5 Å². The van der Waals surface area contributed by atoms with Crippen LogP contribution in [0, 0.1) is 23.7 Å². The summed E-state index contributed by atoms with van der Waals surface area (Å²) < 4.78 is 6.14. The lowest BCUT2D eigenvalue weighted by Crippen LogP contribution is -2.61. The molecule has 1 aromatic rings. The van der Waals surface area contributed by atoms with Gasteiger partial charge in [0.15, 0.2) is 0 Å². The molecule has 1 aromatic carbocycles. The molecule has 1 spiro atoms. The summed E-state index contributed by atoms with van der Waals surface area (Å²) in [6.07, 6.45) is 6.53. The van der Waals surface area contributed by atoms with Crippen LogP contribution in [0.1, 0.15) is 57.9 Å². The molecule has 0 bridgehead atoms. The second-order valence-corrected chi connectivity index (χ2v) is 10.8. The maximum absolute atomic E-state index is 13.8. The van der Waals surface area contributed by atoms with Gasteiger partial charge in [0, 0.05) is 18.4 Å². The second-order valence-electron chi connectivity index (χ2n) is 10.8. The first kappa shape index (κ1) is 25.6. The predicted molar refractivity (Wildman–Crippen MR) is 134 cm³/mol. The average Bonchev–Trinajstić information content (AvgIpc) is 3.09. The van der Waals surface area contributed by atoms with E-state index < -0.39 is 29.7 Å². The molecule has 3 N–H and O–H groups in total. The van der Waals surface area contributed by atoms with Crippen LogP contribution in [0.5, 0.6) is 0 Å². The van der Waals surface area contributed by atoms with Crippen LogP contribution in [0.2, 0.25) is 0 Å². The number of amides is 1. The number of nitrogens with one attached hydrogen (secondary N) is 1. The summed E-state index contributed by atoms with van der Waals surface area (Å²) in [6, 6.07) is 9.66. The highest BCUT2D eigenvalue weighted by atomic mass is 16.6. The third-order valence-corrected chi connectivity index (χ3v) is 8.32. The molecule has 3 aliphatic rings. The van der Waals surface area contributed by atoms with Crippen LogP contribution in [0.15, 0.2) is 54.6 Å². The van der Waals surface area contributed by atoms with E-state index in [9.17, 15) is 19.8 Å². The zero-order valence-electron chi connectivity index (χ0n) is 20.9. The number of ether oxygens (including phenoxy) is 1. The van der Waals surface area contributed by atoms with Crippen molar-refractivity contribution >= 4 is 11.9 Å². The Hall–Kier alpha value is -2.44. The van der Waals surface area contributed by atoms with Crippen molar-refractivity contribution in [3.05, 3.63) is 60.2 Å². The Labute approximate surface area is 208 Å². The van der Waals surface area contributed by atoms with Gasteiger partial charge in [0.25, 0.3) is 5.91 Å². The fourth-order valence-corrected chi connectivity index (χ4v) is 6.30. The monoisotopic (exact) mass is 481 g/mol. The highest BCUT2D eigenvalue weighted by Gasteiger charge is 2.67. The van der Waals surface area contributed by atoms with E-state index in [1.54, 1.807) is 0 Å². The van der Waals surface area contributed by atoms with Crippen molar-refractivity contribution in [1.29, 1.82) is 0 Å². The van der Waals surface area contributed by atoms with Crippen LogP contribution < -0.4 is 5.32 Å². The standard InChI is InChI=1S/C29H39NO5/c1-18-9-7-13-22(31)15-16-25(32)35-29-23(14-8-10-18)27(33)20(3)19(2)26(29)24(30-28(29)34)17-21-11-5-4-6-12-21/h4-6,8,11-12,14,18-19,22-24,26-27,31,33H,3,7,9-10,13,15-17H2,1-2H3,(H,30,34)/b14-8-/t18-,19-,22+,23-,24-,26-,27+,29+/m1/s1. The lowest BCUT2D eigenvalue weighted by Gasteiger charge is -2.49. The van der Waals surface area contributed by atoms with Gasteiger partial charge in [-0.25, -0.2) is 0 Å². The van der Waals surface area contributed by atoms with Gasteiger partial charge in [0.1, 0.15) is 0 Å². The molecule has 1 saturated heterocycles. The molecule has 2 fully saturated rings. The van der Waals surface area contributed by atoms with Gasteiger partial charge in [-0.05, 0) is 48.7 Å². The molecule has 0 radical (unpaired) electrons. The fourth-order valence-electron chi connectivity index (χ4n) is 6.30. The van der Waals surface area contributed by atoms with Gasteiger partial charge in [-0.2, -0.15) is 0 Å². The second kappa shape index (κ2) is 10.7. The van der Waals surface area contributed by atoms with Gasteiger partial charge >= 0.3 is 5.97 Å². The van der Waals surface area contributed by atoms with Gasteiger partial charge < -0.3 is 20.3 Å². The number of aliphatic hydroxyl groups excluding tert-OH is 2. The first-order valence-corrected chi connectivity index (χ1v) is 13.0. The minimum absolute atomic E-state index is 0.0314. The Morgan fingerprint density at radius 3 is 2.60 bits per heavy atom. The molecule has 8 atom stereocenters. The predicted octanol–water partition coefficient (Wildman–Crippen LogP) is 3.72. The maximum atomic E-state index is 13.8. The quantitative estimate of drug-likeness (QED) is 0.442. The SMILES string of the molecule is C=C1[C@@H](C)[C@@H]2[C@@H](Cc3ccccc3)NC(=O)[C@@]23OC(=O)CC[C@@H](O)CCC[C@@H](C)C/C=C\[C@@H]3[C@H]1O. The highest BCUT2D eigenvalue weighted by molar-refractivity contribution is 5.92. The molecule has 4 rings (SSSR count). The number of allylic oxidation sites excluding steroid dienone is 1. The van der Waals surface area contributed by atoms with Crippen molar-refractivity contribution in [3.63, 3.8) is 0 Å². The number of hydrogen-bond acceptors (Lipinski definition) is 5. The van der Waals surface area contributed by atoms with Crippen LogP contribution in [0.3, 0.4) is 0 Å². The van der Waals surface area contributed by atoms with Crippen molar-refractivity contribution in [2.24, 2.45) is 23.7 Å². The molecule has 6 nitrogen and oxygen atoms in total. The van der Waals surface area contributed by atoms with Crippen LogP contribution in [-0.2, 0) is 20.7 Å². The molecule has 6 heteroatoms. The van der Waals surface area contributed by atoms with Crippen LogP contribution >= 0.6 is 0 Å². The molecule has 2 aliphatic heterocycles. The van der Waals surface area contributed by atoms with Gasteiger partial charge in [-0.3, -0.25) is 9.59 Å². The molecule has 1 aliphatic carbocycles. The number of hydrogen-bond donors (Lipinski definition) is 3. The first-order chi connectivity index (χ1) is 16.7. The summed E-state index contributed by atoms with van der Waals surface area (Å²) in [4.78, 5) is 26.9. The molecular formula is C29H39NO5. The Balaban J connectivity index is 1.75. The van der Waals surface area contributed by atoms with Crippen molar-refractivity contribution in [1.82, 2.24) is 5.32 Å². The van der Waals surface area contributed by atoms with Crippen molar-refractivity contribution in [2.45, 2.75) is 82.6 Å². The van der Waals surface area contributed by atoms with E-state index >= 15 is 0 Å².